The lowest BCUT2D eigenvalue weighted by atomic mass is 10.2. The van der Waals surface area contributed by atoms with Crippen LogP contribution in [-0.2, 0) is 5.75 Å². The van der Waals surface area contributed by atoms with Gasteiger partial charge in [0.05, 0.1) is 0 Å². The normalized spacial score (nSPS) is 11.2. The first kappa shape index (κ1) is 14.4. The highest BCUT2D eigenvalue weighted by molar-refractivity contribution is 7.98. The Balaban J connectivity index is 1.94. The molecule has 0 aliphatic carbocycles. The van der Waals surface area contributed by atoms with Gasteiger partial charge < -0.3 is 5.73 Å². The zero-order chi connectivity index (χ0) is 15.0. The first-order chi connectivity index (χ1) is 10.0. The molecule has 3 aromatic rings. The number of nitrogens with two attached hydrogens (primary N) is 1. The van der Waals surface area contributed by atoms with Crippen LogP contribution in [0.5, 0.6) is 0 Å². The number of aromatic nitrogens is 2. The highest BCUT2D eigenvalue weighted by Gasteiger charge is 2.13. The molecular weight excluding hydrogens is 298 g/mol. The third kappa shape index (κ3) is 2.89. The van der Waals surface area contributed by atoms with E-state index in [4.69, 9.17) is 5.73 Å². The van der Waals surface area contributed by atoms with Crippen molar-refractivity contribution in [3.63, 3.8) is 0 Å². The Morgan fingerprint density at radius 1 is 1.10 bits per heavy atom. The van der Waals surface area contributed by atoms with E-state index in [-0.39, 0.29) is 0 Å². The van der Waals surface area contributed by atoms with E-state index < -0.39 is 0 Å². The maximum Gasteiger partial charge on any atom is 0.128 e. The van der Waals surface area contributed by atoms with Crippen LogP contribution in [0.3, 0.4) is 0 Å². The molecule has 3 rings (SSSR count). The molecule has 21 heavy (non-hydrogen) atoms. The molecule has 2 aromatic heterocycles. The summed E-state index contributed by atoms with van der Waals surface area (Å²) >= 11 is 3.52. The number of thiophene rings is 1. The molecule has 0 spiro atoms. The summed E-state index contributed by atoms with van der Waals surface area (Å²) in [5, 5.41) is 2.29. The van der Waals surface area contributed by atoms with Gasteiger partial charge in [-0.05, 0) is 44.0 Å². The second kappa shape index (κ2) is 5.66. The summed E-state index contributed by atoms with van der Waals surface area (Å²) in [6.07, 6.45) is 0. The van der Waals surface area contributed by atoms with E-state index in [1.807, 2.05) is 19.1 Å². The number of hydrogen-bond donors (Lipinski definition) is 1. The molecule has 2 heterocycles. The fourth-order valence-corrected chi connectivity index (χ4v) is 4.41. The maximum absolute atomic E-state index is 5.72. The second-order valence-corrected chi connectivity index (χ2v) is 7.24. The lowest BCUT2D eigenvalue weighted by Crippen LogP contribution is -1.92. The quantitative estimate of drug-likeness (QED) is 0.439. The van der Waals surface area contributed by atoms with E-state index in [9.17, 15) is 0 Å². The van der Waals surface area contributed by atoms with Gasteiger partial charge in [-0.25, -0.2) is 9.97 Å². The van der Waals surface area contributed by atoms with E-state index in [0.717, 1.165) is 27.1 Å². The van der Waals surface area contributed by atoms with E-state index >= 15 is 0 Å². The van der Waals surface area contributed by atoms with Crippen LogP contribution in [-0.4, -0.2) is 9.97 Å². The van der Waals surface area contributed by atoms with Gasteiger partial charge in [-0.1, -0.05) is 12.1 Å². The molecule has 2 N–H and O–H groups in total. The zero-order valence-electron chi connectivity index (χ0n) is 12.3. The van der Waals surface area contributed by atoms with Crippen LogP contribution in [0, 0.1) is 20.8 Å². The fourth-order valence-electron chi connectivity index (χ4n) is 2.18. The van der Waals surface area contributed by atoms with Crippen molar-refractivity contribution >= 4 is 39.0 Å². The van der Waals surface area contributed by atoms with Gasteiger partial charge in [0.2, 0.25) is 0 Å². The molecule has 3 nitrogen and oxygen atoms in total. The van der Waals surface area contributed by atoms with Crippen molar-refractivity contribution in [1.82, 2.24) is 9.97 Å². The molecule has 0 atom stereocenters. The lowest BCUT2D eigenvalue weighted by Gasteiger charge is -2.05. The summed E-state index contributed by atoms with van der Waals surface area (Å²) in [6.45, 7) is 6.25. The molecule has 0 unspecified atom stereocenters. The van der Waals surface area contributed by atoms with Gasteiger partial charge in [-0.2, -0.15) is 0 Å². The van der Waals surface area contributed by atoms with Crippen molar-refractivity contribution in [2.75, 3.05) is 5.73 Å². The minimum absolute atomic E-state index is 0.799. The van der Waals surface area contributed by atoms with Crippen LogP contribution >= 0.6 is 23.1 Å². The first-order valence-electron chi connectivity index (χ1n) is 6.76. The first-order valence-corrected chi connectivity index (χ1v) is 8.56. The van der Waals surface area contributed by atoms with Crippen LogP contribution in [0.2, 0.25) is 0 Å². The van der Waals surface area contributed by atoms with Crippen LogP contribution < -0.4 is 5.73 Å². The molecule has 0 aliphatic rings. The van der Waals surface area contributed by atoms with Gasteiger partial charge in [0.15, 0.2) is 0 Å². The maximum atomic E-state index is 5.72. The fraction of sp³-hybridized carbons (Fsp3) is 0.250. The number of nitrogens with zero attached hydrogens (tertiary/aromatic N) is 2. The largest absolute Gasteiger partial charge is 0.399 e. The summed E-state index contributed by atoms with van der Waals surface area (Å²) < 4.78 is 0. The monoisotopic (exact) mass is 315 g/mol. The number of aryl methyl sites for hydroxylation is 3. The third-order valence-corrected chi connectivity index (χ3v) is 5.61. The van der Waals surface area contributed by atoms with Gasteiger partial charge in [-0.15, -0.1) is 23.1 Å². The summed E-state index contributed by atoms with van der Waals surface area (Å²) in [4.78, 5) is 11.6. The average Bonchev–Trinajstić information content (AvgIpc) is 2.73. The third-order valence-electron chi connectivity index (χ3n) is 3.46. The summed E-state index contributed by atoms with van der Waals surface area (Å²) in [5.41, 5.74) is 9.08. The highest BCUT2D eigenvalue weighted by atomic mass is 32.2. The average molecular weight is 315 g/mol. The van der Waals surface area contributed by atoms with Gasteiger partial charge in [-0.3, -0.25) is 0 Å². The van der Waals surface area contributed by atoms with Crippen molar-refractivity contribution in [3.8, 4) is 0 Å². The SMILES string of the molecule is Cc1nc(SCc2ccc(N)cc2)c2c(C)c(C)sc2n1. The molecule has 0 saturated carbocycles. The number of thioether (sulfide) groups is 1. The minimum atomic E-state index is 0.799. The predicted molar refractivity (Wildman–Crippen MR) is 92.0 cm³/mol. The molecule has 0 amide bonds. The van der Waals surface area contributed by atoms with E-state index in [2.05, 4.69) is 35.9 Å². The van der Waals surface area contributed by atoms with Crippen molar-refractivity contribution < 1.29 is 0 Å². The Labute approximate surface area is 132 Å². The zero-order valence-corrected chi connectivity index (χ0v) is 13.9. The van der Waals surface area contributed by atoms with Crippen LogP contribution in [0.1, 0.15) is 21.8 Å². The topological polar surface area (TPSA) is 51.8 Å². The molecule has 0 radical (unpaired) electrons. The van der Waals surface area contributed by atoms with E-state index in [1.165, 1.54) is 21.4 Å². The molecule has 0 aliphatic heterocycles. The molecule has 0 bridgehead atoms. The van der Waals surface area contributed by atoms with Crippen molar-refractivity contribution in [2.24, 2.45) is 0 Å². The molecule has 0 fully saturated rings. The van der Waals surface area contributed by atoms with Crippen molar-refractivity contribution in [1.29, 1.82) is 0 Å². The van der Waals surface area contributed by atoms with E-state index in [0.29, 0.717) is 0 Å². The summed E-state index contributed by atoms with van der Waals surface area (Å²) in [6, 6.07) is 8.02. The van der Waals surface area contributed by atoms with Crippen LogP contribution in [0.25, 0.3) is 10.2 Å². The number of nitrogen functional groups attached to an aromatic ring is 1. The van der Waals surface area contributed by atoms with Gasteiger partial charge >= 0.3 is 0 Å². The van der Waals surface area contributed by atoms with Gasteiger partial charge in [0, 0.05) is 21.7 Å². The Morgan fingerprint density at radius 2 is 1.81 bits per heavy atom. The van der Waals surface area contributed by atoms with E-state index in [1.54, 1.807) is 23.1 Å². The Bertz CT molecular complexity index is 791. The molecular formula is C16H17N3S2. The smallest absolute Gasteiger partial charge is 0.128 e. The number of hydrogen-bond acceptors (Lipinski definition) is 5. The highest BCUT2D eigenvalue weighted by Crippen LogP contribution is 2.36. The summed E-state index contributed by atoms with van der Waals surface area (Å²) in [5.74, 6) is 1.73. The minimum Gasteiger partial charge on any atom is -0.399 e. The number of rotatable bonds is 3. The molecule has 108 valence electrons. The van der Waals surface area contributed by atoms with Gasteiger partial charge in [0.25, 0.3) is 0 Å². The number of fused-ring (bicyclic) bond motifs is 1. The molecule has 0 saturated heterocycles. The van der Waals surface area contributed by atoms with Crippen molar-refractivity contribution in [3.05, 3.63) is 46.1 Å². The van der Waals surface area contributed by atoms with Crippen LogP contribution in [0.15, 0.2) is 29.3 Å². The van der Waals surface area contributed by atoms with Crippen molar-refractivity contribution in [2.45, 2.75) is 31.6 Å². The predicted octanol–water partition coefficient (Wildman–Crippen LogP) is 4.49. The van der Waals surface area contributed by atoms with Gasteiger partial charge in [0.1, 0.15) is 15.7 Å². The lowest BCUT2D eigenvalue weighted by molar-refractivity contribution is 1.01. The Morgan fingerprint density at radius 3 is 2.52 bits per heavy atom. The standard InChI is InChI=1S/C16H17N3S2/c1-9-10(2)21-16-14(9)15(18-11(3)19-16)20-8-12-4-6-13(17)7-5-12/h4-7H,8,17H2,1-3H3. The molecule has 1 aromatic carbocycles. The molecule has 5 heteroatoms. The number of anilines is 1. The summed E-state index contributed by atoms with van der Waals surface area (Å²) in [7, 11) is 0. The van der Waals surface area contributed by atoms with Crippen LogP contribution in [0.4, 0.5) is 5.69 Å². The number of benzene rings is 1. The second-order valence-electron chi connectivity index (χ2n) is 5.07. The Kier molecular flexibility index (Phi) is 3.87. The Hall–Kier alpha value is -1.59.